The second-order valence-electron chi connectivity index (χ2n) is 4.90. The van der Waals surface area contributed by atoms with Gasteiger partial charge in [-0.25, -0.2) is 4.98 Å². The predicted molar refractivity (Wildman–Crippen MR) is 82.0 cm³/mol. The van der Waals surface area contributed by atoms with Gasteiger partial charge in [-0.05, 0) is 19.8 Å². The van der Waals surface area contributed by atoms with Crippen LogP contribution in [0.1, 0.15) is 41.2 Å². The standard InChI is InChI=1S/C12H17N3OS.2ClH/c1-8-6-13-4-5-15(8)12(16)10-7-17-11(14-10)9-2-3-9;;/h7-9,13H,2-6H2,1H3;2*1H/t8-;;/m0../s1. The van der Waals surface area contributed by atoms with Gasteiger partial charge >= 0.3 is 0 Å². The molecule has 1 aliphatic carbocycles. The zero-order valence-electron chi connectivity index (χ0n) is 10.8. The minimum Gasteiger partial charge on any atom is -0.332 e. The maximum atomic E-state index is 12.3. The monoisotopic (exact) mass is 323 g/mol. The Balaban J connectivity index is 0.000000902. The Morgan fingerprint density at radius 2 is 2.21 bits per heavy atom. The number of hydrogen-bond acceptors (Lipinski definition) is 4. The number of carbonyl (C=O) groups excluding carboxylic acids is 1. The van der Waals surface area contributed by atoms with E-state index in [0.717, 1.165) is 24.6 Å². The quantitative estimate of drug-likeness (QED) is 0.908. The number of nitrogens with zero attached hydrogens (tertiary/aromatic N) is 2. The summed E-state index contributed by atoms with van der Waals surface area (Å²) in [4.78, 5) is 18.7. The lowest BCUT2D eigenvalue weighted by atomic mass is 10.2. The number of piperazine rings is 1. The summed E-state index contributed by atoms with van der Waals surface area (Å²) in [5.74, 6) is 0.740. The van der Waals surface area contributed by atoms with E-state index in [2.05, 4.69) is 17.2 Å². The highest BCUT2D eigenvalue weighted by Gasteiger charge is 2.30. The number of halogens is 2. The van der Waals surface area contributed by atoms with Crippen LogP contribution < -0.4 is 5.32 Å². The summed E-state index contributed by atoms with van der Waals surface area (Å²) in [6, 6.07) is 0.266. The molecule has 1 aromatic rings. The topological polar surface area (TPSA) is 45.2 Å². The zero-order chi connectivity index (χ0) is 11.8. The lowest BCUT2D eigenvalue weighted by Crippen LogP contribution is -2.52. The van der Waals surface area contributed by atoms with E-state index in [1.165, 1.54) is 12.8 Å². The van der Waals surface area contributed by atoms with Crippen molar-refractivity contribution in [3.8, 4) is 0 Å². The highest BCUT2D eigenvalue weighted by Crippen LogP contribution is 2.41. The third kappa shape index (κ3) is 3.60. The molecule has 7 heteroatoms. The molecular formula is C12H19Cl2N3OS. The third-order valence-corrected chi connectivity index (χ3v) is 4.44. The fraction of sp³-hybridized carbons (Fsp3) is 0.667. The van der Waals surface area contributed by atoms with Crippen LogP contribution in [0.3, 0.4) is 0 Å². The summed E-state index contributed by atoms with van der Waals surface area (Å²) in [7, 11) is 0. The number of nitrogens with one attached hydrogen (secondary N) is 1. The number of amides is 1. The molecule has 19 heavy (non-hydrogen) atoms. The first-order chi connectivity index (χ1) is 8.25. The maximum absolute atomic E-state index is 12.3. The molecule has 1 saturated carbocycles. The molecule has 1 atom stereocenters. The minimum absolute atomic E-state index is 0. The summed E-state index contributed by atoms with van der Waals surface area (Å²) in [5, 5.41) is 6.36. The Labute approximate surface area is 129 Å². The first-order valence-corrected chi connectivity index (χ1v) is 7.11. The van der Waals surface area contributed by atoms with Crippen LogP contribution in [-0.4, -0.2) is 41.5 Å². The van der Waals surface area contributed by atoms with Crippen LogP contribution in [0.4, 0.5) is 0 Å². The molecule has 1 N–H and O–H groups in total. The number of hydrogen-bond donors (Lipinski definition) is 1. The van der Waals surface area contributed by atoms with Gasteiger partial charge in [-0.2, -0.15) is 0 Å². The van der Waals surface area contributed by atoms with Gasteiger partial charge in [-0.1, -0.05) is 0 Å². The summed E-state index contributed by atoms with van der Waals surface area (Å²) in [6.07, 6.45) is 2.48. The van der Waals surface area contributed by atoms with Crippen molar-refractivity contribution in [2.24, 2.45) is 0 Å². The molecule has 2 fully saturated rings. The molecule has 1 amide bonds. The van der Waals surface area contributed by atoms with Gasteiger partial charge in [0.2, 0.25) is 0 Å². The SMILES string of the molecule is C[C@H]1CNCCN1C(=O)c1csc(C2CC2)n1.Cl.Cl. The Kier molecular flexibility index (Phi) is 6.05. The van der Waals surface area contributed by atoms with Crippen LogP contribution in [0.2, 0.25) is 0 Å². The van der Waals surface area contributed by atoms with Gasteiger partial charge in [0.25, 0.3) is 5.91 Å². The van der Waals surface area contributed by atoms with Crippen LogP contribution in [0.5, 0.6) is 0 Å². The highest BCUT2D eigenvalue weighted by atomic mass is 35.5. The van der Waals surface area contributed by atoms with Crippen molar-refractivity contribution >= 4 is 42.1 Å². The highest BCUT2D eigenvalue weighted by molar-refractivity contribution is 7.10. The molecular weight excluding hydrogens is 305 g/mol. The molecule has 1 aromatic heterocycles. The van der Waals surface area contributed by atoms with Crippen molar-refractivity contribution in [1.82, 2.24) is 15.2 Å². The maximum Gasteiger partial charge on any atom is 0.273 e. The lowest BCUT2D eigenvalue weighted by Gasteiger charge is -2.33. The largest absolute Gasteiger partial charge is 0.332 e. The first-order valence-electron chi connectivity index (χ1n) is 6.23. The molecule has 0 spiro atoms. The molecule has 0 bridgehead atoms. The molecule has 0 radical (unpaired) electrons. The molecule has 3 rings (SSSR count). The molecule has 0 unspecified atom stereocenters. The first kappa shape index (κ1) is 16.7. The van der Waals surface area contributed by atoms with Gasteiger partial charge < -0.3 is 10.2 Å². The summed E-state index contributed by atoms with van der Waals surface area (Å²) < 4.78 is 0. The fourth-order valence-corrected chi connectivity index (χ4v) is 3.16. The summed E-state index contributed by atoms with van der Waals surface area (Å²) >= 11 is 1.64. The van der Waals surface area contributed by atoms with Crippen LogP contribution >= 0.6 is 36.2 Å². The Morgan fingerprint density at radius 1 is 1.47 bits per heavy atom. The molecule has 0 aromatic carbocycles. The molecule has 2 aliphatic rings. The van der Waals surface area contributed by atoms with Gasteiger partial charge in [0, 0.05) is 37.0 Å². The van der Waals surface area contributed by atoms with Crippen molar-refractivity contribution in [2.75, 3.05) is 19.6 Å². The van der Waals surface area contributed by atoms with Gasteiger partial charge in [0.05, 0.1) is 5.01 Å². The summed E-state index contributed by atoms with van der Waals surface area (Å²) in [6.45, 7) is 4.63. The molecule has 4 nitrogen and oxygen atoms in total. The number of rotatable bonds is 2. The van der Waals surface area contributed by atoms with E-state index in [1.54, 1.807) is 11.3 Å². The number of aromatic nitrogens is 1. The van der Waals surface area contributed by atoms with E-state index in [1.807, 2.05) is 10.3 Å². The van der Waals surface area contributed by atoms with Gasteiger partial charge in [0.1, 0.15) is 5.69 Å². The van der Waals surface area contributed by atoms with E-state index in [0.29, 0.717) is 11.6 Å². The van der Waals surface area contributed by atoms with Crippen molar-refractivity contribution < 1.29 is 4.79 Å². The Bertz CT molecular complexity index is 436. The fourth-order valence-electron chi connectivity index (χ4n) is 2.19. The van der Waals surface area contributed by atoms with Crippen molar-refractivity contribution in [3.63, 3.8) is 0 Å². The Morgan fingerprint density at radius 3 is 2.84 bits per heavy atom. The Hall–Kier alpha value is -0.360. The van der Waals surface area contributed by atoms with Crippen molar-refractivity contribution in [1.29, 1.82) is 0 Å². The van der Waals surface area contributed by atoms with Gasteiger partial charge in [0.15, 0.2) is 0 Å². The predicted octanol–water partition coefficient (Wildman–Crippen LogP) is 2.30. The average molecular weight is 324 g/mol. The third-order valence-electron chi connectivity index (χ3n) is 3.43. The van der Waals surface area contributed by atoms with Crippen LogP contribution in [0.25, 0.3) is 0 Å². The molecule has 2 heterocycles. The molecule has 108 valence electrons. The molecule has 1 saturated heterocycles. The van der Waals surface area contributed by atoms with Gasteiger partial charge in [-0.3, -0.25) is 4.79 Å². The van der Waals surface area contributed by atoms with Crippen LogP contribution in [0, 0.1) is 0 Å². The lowest BCUT2D eigenvalue weighted by molar-refractivity contribution is 0.0650. The average Bonchev–Trinajstić information content (AvgIpc) is 3.07. The molecule has 1 aliphatic heterocycles. The van der Waals surface area contributed by atoms with Crippen LogP contribution in [-0.2, 0) is 0 Å². The van der Waals surface area contributed by atoms with Gasteiger partial charge in [-0.15, -0.1) is 36.2 Å². The van der Waals surface area contributed by atoms with Crippen LogP contribution in [0.15, 0.2) is 5.38 Å². The summed E-state index contributed by atoms with van der Waals surface area (Å²) in [5.41, 5.74) is 0.644. The van der Waals surface area contributed by atoms with E-state index < -0.39 is 0 Å². The van der Waals surface area contributed by atoms with Crippen molar-refractivity contribution in [2.45, 2.75) is 31.7 Å². The van der Waals surface area contributed by atoms with Crippen molar-refractivity contribution in [3.05, 3.63) is 16.1 Å². The van der Waals surface area contributed by atoms with E-state index in [9.17, 15) is 4.79 Å². The normalized spacial score (nSPS) is 22.4. The van der Waals surface area contributed by atoms with E-state index in [-0.39, 0.29) is 36.8 Å². The number of thiazole rings is 1. The second-order valence-corrected chi connectivity index (χ2v) is 5.79. The smallest absolute Gasteiger partial charge is 0.273 e. The zero-order valence-corrected chi connectivity index (χ0v) is 13.2. The van der Waals surface area contributed by atoms with E-state index in [4.69, 9.17) is 0 Å². The number of carbonyl (C=O) groups is 1. The van der Waals surface area contributed by atoms with E-state index >= 15 is 0 Å². The minimum atomic E-state index is 0. The second kappa shape index (κ2) is 6.88.